The molecule has 1 N–H and O–H groups in total. The summed E-state index contributed by atoms with van der Waals surface area (Å²) in [6.45, 7) is 1.98. The molecule has 0 saturated heterocycles. The average Bonchev–Trinajstić information content (AvgIpc) is 2.37. The number of benzene rings is 2. The van der Waals surface area contributed by atoms with Crippen molar-refractivity contribution in [3.8, 4) is 0 Å². The zero-order valence-electron chi connectivity index (χ0n) is 10.5. The minimum absolute atomic E-state index is 0.103. The van der Waals surface area contributed by atoms with Crippen molar-refractivity contribution in [3.63, 3.8) is 0 Å². The van der Waals surface area contributed by atoms with Crippen LogP contribution in [0.15, 0.2) is 42.5 Å². The van der Waals surface area contributed by atoms with E-state index in [0.717, 1.165) is 12.0 Å². The molecule has 4 heteroatoms. The van der Waals surface area contributed by atoms with Gasteiger partial charge in [-0.3, -0.25) is 0 Å². The second kappa shape index (κ2) is 6.02. The van der Waals surface area contributed by atoms with Gasteiger partial charge in [0.1, 0.15) is 11.6 Å². The second-order valence-corrected chi connectivity index (χ2v) is 4.91. The summed E-state index contributed by atoms with van der Waals surface area (Å²) in [5.41, 5.74) is 1.70. The molecule has 0 fully saturated rings. The van der Waals surface area contributed by atoms with Gasteiger partial charge >= 0.3 is 0 Å². The van der Waals surface area contributed by atoms with Crippen LogP contribution < -0.4 is 5.32 Å². The number of rotatable bonds is 4. The Kier molecular flexibility index (Phi) is 4.38. The van der Waals surface area contributed by atoms with E-state index in [4.69, 9.17) is 11.6 Å². The SMILES string of the molecule is CC(Cc1ccc(F)cc1)Nc1ccc(Cl)c(F)c1. The van der Waals surface area contributed by atoms with Crippen LogP contribution in [-0.2, 0) is 6.42 Å². The summed E-state index contributed by atoms with van der Waals surface area (Å²) in [6, 6.07) is 11.1. The summed E-state index contributed by atoms with van der Waals surface area (Å²) in [5, 5.41) is 3.29. The molecular formula is C15H14ClF2N. The van der Waals surface area contributed by atoms with E-state index in [-0.39, 0.29) is 16.9 Å². The van der Waals surface area contributed by atoms with Crippen LogP contribution in [0.1, 0.15) is 12.5 Å². The molecule has 2 rings (SSSR count). The minimum atomic E-state index is -0.444. The molecule has 0 aliphatic heterocycles. The second-order valence-electron chi connectivity index (χ2n) is 4.50. The zero-order valence-corrected chi connectivity index (χ0v) is 11.2. The van der Waals surface area contributed by atoms with E-state index in [0.29, 0.717) is 5.69 Å². The monoisotopic (exact) mass is 281 g/mol. The largest absolute Gasteiger partial charge is 0.382 e. The normalized spacial score (nSPS) is 12.2. The summed E-state index contributed by atoms with van der Waals surface area (Å²) < 4.78 is 26.1. The molecule has 0 heterocycles. The highest BCUT2D eigenvalue weighted by Crippen LogP contribution is 2.19. The average molecular weight is 282 g/mol. The van der Waals surface area contributed by atoms with Gasteiger partial charge in [0.15, 0.2) is 0 Å². The third-order valence-electron chi connectivity index (χ3n) is 2.79. The number of anilines is 1. The lowest BCUT2D eigenvalue weighted by Gasteiger charge is -2.15. The fourth-order valence-electron chi connectivity index (χ4n) is 1.90. The molecule has 0 aliphatic carbocycles. The van der Waals surface area contributed by atoms with Crippen molar-refractivity contribution < 1.29 is 8.78 Å². The van der Waals surface area contributed by atoms with E-state index in [2.05, 4.69) is 5.32 Å². The quantitative estimate of drug-likeness (QED) is 0.859. The summed E-state index contributed by atoms with van der Waals surface area (Å²) in [7, 11) is 0. The summed E-state index contributed by atoms with van der Waals surface area (Å²) in [5.74, 6) is -0.690. The first-order valence-electron chi connectivity index (χ1n) is 6.00. The molecule has 0 bridgehead atoms. The van der Waals surface area contributed by atoms with E-state index in [1.165, 1.54) is 24.3 Å². The predicted octanol–water partition coefficient (Wildman–Crippen LogP) is 4.66. The molecule has 100 valence electrons. The number of hydrogen-bond acceptors (Lipinski definition) is 1. The highest BCUT2D eigenvalue weighted by molar-refractivity contribution is 6.30. The molecule has 1 unspecified atom stereocenters. The predicted molar refractivity (Wildman–Crippen MR) is 74.6 cm³/mol. The molecule has 0 radical (unpaired) electrons. The van der Waals surface area contributed by atoms with E-state index in [1.807, 2.05) is 6.92 Å². The highest BCUT2D eigenvalue weighted by Gasteiger charge is 2.06. The lowest BCUT2D eigenvalue weighted by Crippen LogP contribution is -2.18. The lowest BCUT2D eigenvalue weighted by atomic mass is 10.1. The Morgan fingerprint density at radius 1 is 1.11 bits per heavy atom. The summed E-state index contributed by atoms with van der Waals surface area (Å²) >= 11 is 5.62. The highest BCUT2D eigenvalue weighted by atomic mass is 35.5. The molecule has 2 aromatic carbocycles. The van der Waals surface area contributed by atoms with Crippen LogP contribution in [0, 0.1) is 11.6 Å². The summed E-state index contributed by atoms with van der Waals surface area (Å²) in [6.07, 6.45) is 0.727. The Labute approximate surface area is 116 Å². The Balaban J connectivity index is 1.98. The van der Waals surface area contributed by atoms with E-state index >= 15 is 0 Å². The molecule has 0 aliphatic rings. The van der Waals surface area contributed by atoms with Crippen molar-refractivity contribution in [3.05, 3.63) is 64.7 Å². The van der Waals surface area contributed by atoms with Crippen molar-refractivity contribution in [2.45, 2.75) is 19.4 Å². The fourth-order valence-corrected chi connectivity index (χ4v) is 2.01. The van der Waals surface area contributed by atoms with E-state index in [9.17, 15) is 8.78 Å². The van der Waals surface area contributed by atoms with Crippen molar-refractivity contribution in [2.24, 2.45) is 0 Å². The van der Waals surface area contributed by atoms with Gasteiger partial charge in [-0.25, -0.2) is 8.78 Å². The number of nitrogens with one attached hydrogen (secondary N) is 1. The van der Waals surface area contributed by atoms with Gasteiger partial charge in [-0.1, -0.05) is 23.7 Å². The summed E-state index contributed by atoms with van der Waals surface area (Å²) in [4.78, 5) is 0. The topological polar surface area (TPSA) is 12.0 Å². The molecule has 1 atom stereocenters. The van der Waals surface area contributed by atoms with Gasteiger partial charge in [0.25, 0.3) is 0 Å². The van der Waals surface area contributed by atoms with Gasteiger partial charge in [0.2, 0.25) is 0 Å². The third kappa shape index (κ3) is 3.93. The van der Waals surface area contributed by atoms with Gasteiger partial charge in [-0.15, -0.1) is 0 Å². The molecule has 19 heavy (non-hydrogen) atoms. The lowest BCUT2D eigenvalue weighted by molar-refractivity contribution is 0.625. The Morgan fingerprint density at radius 2 is 1.79 bits per heavy atom. The molecule has 0 saturated carbocycles. The molecule has 0 spiro atoms. The number of halogens is 3. The number of hydrogen-bond donors (Lipinski definition) is 1. The third-order valence-corrected chi connectivity index (χ3v) is 3.09. The van der Waals surface area contributed by atoms with Crippen LogP contribution in [0.2, 0.25) is 5.02 Å². The molecule has 1 nitrogen and oxygen atoms in total. The maximum absolute atomic E-state index is 13.3. The van der Waals surface area contributed by atoms with Crippen LogP contribution in [0.4, 0.5) is 14.5 Å². The van der Waals surface area contributed by atoms with Crippen molar-refractivity contribution >= 4 is 17.3 Å². The Hall–Kier alpha value is -1.61. The molecule has 2 aromatic rings. The fraction of sp³-hybridized carbons (Fsp3) is 0.200. The van der Waals surface area contributed by atoms with E-state index in [1.54, 1.807) is 18.2 Å². The van der Waals surface area contributed by atoms with Crippen LogP contribution in [0.25, 0.3) is 0 Å². The van der Waals surface area contributed by atoms with Crippen molar-refractivity contribution in [1.82, 2.24) is 0 Å². The van der Waals surface area contributed by atoms with Gasteiger partial charge in [0, 0.05) is 11.7 Å². The Bertz CT molecular complexity index is 555. The van der Waals surface area contributed by atoms with Crippen LogP contribution in [0.5, 0.6) is 0 Å². The van der Waals surface area contributed by atoms with Gasteiger partial charge < -0.3 is 5.32 Å². The smallest absolute Gasteiger partial charge is 0.143 e. The maximum atomic E-state index is 13.3. The van der Waals surface area contributed by atoms with Crippen LogP contribution in [-0.4, -0.2) is 6.04 Å². The van der Waals surface area contributed by atoms with Gasteiger partial charge in [-0.05, 0) is 49.2 Å². The molecule has 0 amide bonds. The van der Waals surface area contributed by atoms with Crippen LogP contribution in [0.3, 0.4) is 0 Å². The van der Waals surface area contributed by atoms with Crippen LogP contribution >= 0.6 is 11.6 Å². The standard InChI is InChI=1S/C15H14ClF2N/c1-10(8-11-2-4-12(17)5-3-11)19-13-6-7-14(16)15(18)9-13/h2-7,9-10,19H,8H2,1H3. The van der Waals surface area contributed by atoms with Gasteiger partial charge in [0.05, 0.1) is 5.02 Å². The first-order chi connectivity index (χ1) is 9.04. The van der Waals surface area contributed by atoms with Crippen molar-refractivity contribution in [1.29, 1.82) is 0 Å². The molecule has 0 aromatic heterocycles. The Morgan fingerprint density at radius 3 is 2.42 bits per heavy atom. The molecular weight excluding hydrogens is 268 g/mol. The first kappa shape index (κ1) is 13.8. The first-order valence-corrected chi connectivity index (χ1v) is 6.38. The van der Waals surface area contributed by atoms with Gasteiger partial charge in [-0.2, -0.15) is 0 Å². The zero-order chi connectivity index (χ0) is 13.8. The van der Waals surface area contributed by atoms with E-state index < -0.39 is 5.82 Å². The maximum Gasteiger partial charge on any atom is 0.143 e. The van der Waals surface area contributed by atoms with Crippen molar-refractivity contribution in [2.75, 3.05) is 5.32 Å². The minimum Gasteiger partial charge on any atom is -0.382 e.